The topological polar surface area (TPSA) is 54.6 Å². The molecular weight excluding hydrogens is 204 g/mol. The summed E-state index contributed by atoms with van der Waals surface area (Å²) in [5.41, 5.74) is 3.00. The zero-order valence-corrected chi connectivity index (χ0v) is 9.34. The highest BCUT2D eigenvalue weighted by molar-refractivity contribution is 5.71. The molecule has 4 nitrogen and oxygen atoms in total. The molecule has 0 aliphatic carbocycles. The van der Waals surface area contributed by atoms with E-state index in [0.717, 1.165) is 16.8 Å². The molecule has 0 amide bonds. The number of carboxylic acid groups (broad SMARTS) is 1. The predicted octanol–water partition coefficient (Wildman–Crippen LogP) is 1.91. The van der Waals surface area contributed by atoms with Gasteiger partial charge in [-0.1, -0.05) is 13.0 Å². The van der Waals surface area contributed by atoms with E-state index in [9.17, 15) is 4.79 Å². The number of fused-ring (bicyclic) bond motifs is 1. The van der Waals surface area contributed by atoms with Crippen molar-refractivity contribution >= 4 is 11.5 Å². The number of aliphatic carboxylic acids is 1. The minimum absolute atomic E-state index is 0.375. The second-order valence-electron chi connectivity index (χ2n) is 4.06. The van der Waals surface area contributed by atoms with Crippen molar-refractivity contribution < 1.29 is 9.90 Å². The fourth-order valence-corrected chi connectivity index (χ4v) is 1.88. The van der Waals surface area contributed by atoms with Crippen LogP contribution in [0, 0.1) is 12.8 Å². The largest absolute Gasteiger partial charge is 0.481 e. The molecule has 0 radical (unpaired) electrons. The summed E-state index contributed by atoms with van der Waals surface area (Å²) < 4.78 is 1.93. The van der Waals surface area contributed by atoms with Gasteiger partial charge in [-0.2, -0.15) is 0 Å². The van der Waals surface area contributed by atoms with Crippen LogP contribution in [0.1, 0.15) is 18.2 Å². The number of carbonyl (C=O) groups is 1. The second kappa shape index (κ2) is 3.96. The molecule has 0 saturated heterocycles. The smallest absolute Gasteiger partial charge is 0.306 e. The van der Waals surface area contributed by atoms with Crippen LogP contribution in [0.15, 0.2) is 24.7 Å². The molecule has 0 aromatic carbocycles. The maximum absolute atomic E-state index is 10.8. The van der Waals surface area contributed by atoms with Gasteiger partial charge in [0.15, 0.2) is 0 Å². The first-order valence-corrected chi connectivity index (χ1v) is 5.23. The van der Waals surface area contributed by atoms with Gasteiger partial charge in [0.25, 0.3) is 0 Å². The minimum Gasteiger partial charge on any atom is -0.481 e. The average Bonchev–Trinajstić information content (AvgIpc) is 2.61. The third-order valence-electron chi connectivity index (χ3n) is 2.77. The Hall–Kier alpha value is -1.84. The highest BCUT2D eigenvalue weighted by Crippen LogP contribution is 2.18. The zero-order chi connectivity index (χ0) is 11.7. The van der Waals surface area contributed by atoms with Gasteiger partial charge in [0.05, 0.1) is 23.5 Å². The molecular formula is C12H14N2O2. The van der Waals surface area contributed by atoms with Gasteiger partial charge in [0, 0.05) is 6.20 Å². The van der Waals surface area contributed by atoms with E-state index in [1.165, 1.54) is 0 Å². The first kappa shape index (κ1) is 10.7. The summed E-state index contributed by atoms with van der Waals surface area (Å²) in [7, 11) is 0. The van der Waals surface area contributed by atoms with Crippen molar-refractivity contribution in [2.45, 2.75) is 20.3 Å². The van der Waals surface area contributed by atoms with E-state index in [1.807, 2.05) is 29.7 Å². The maximum Gasteiger partial charge on any atom is 0.306 e. The molecule has 0 bridgehead atoms. The van der Waals surface area contributed by atoms with Crippen LogP contribution >= 0.6 is 0 Å². The van der Waals surface area contributed by atoms with Crippen LogP contribution in [0.3, 0.4) is 0 Å². The number of carboxylic acids is 1. The van der Waals surface area contributed by atoms with Crippen LogP contribution in [0.25, 0.3) is 5.52 Å². The van der Waals surface area contributed by atoms with Crippen LogP contribution in [-0.2, 0) is 11.2 Å². The summed E-state index contributed by atoms with van der Waals surface area (Å²) in [5.74, 6) is -1.14. The maximum atomic E-state index is 10.8. The number of imidazole rings is 1. The molecule has 2 heterocycles. The van der Waals surface area contributed by atoms with Crippen molar-refractivity contribution in [2.75, 3.05) is 0 Å². The Balaban J connectivity index is 2.44. The molecule has 2 aromatic rings. The van der Waals surface area contributed by atoms with E-state index >= 15 is 0 Å². The van der Waals surface area contributed by atoms with Crippen LogP contribution < -0.4 is 0 Å². The molecule has 1 unspecified atom stereocenters. The number of pyridine rings is 1. The van der Waals surface area contributed by atoms with Gasteiger partial charge in [0.1, 0.15) is 0 Å². The van der Waals surface area contributed by atoms with Gasteiger partial charge in [-0.05, 0) is 25.0 Å². The fourth-order valence-electron chi connectivity index (χ4n) is 1.88. The van der Waals surface area contributed by atoms with E-state index in [-0.39, 0.29) is 5.92 Å². The van der Waals surface area contributed by atoms with E-state index in [2.05, 4.69) is 4.98 Å². The molecule has 0 aliphatic heterocycles. The Labute approximate surface area is 93.5 Å². The highest BCUT2D eigenvalue weighted by atomic mass is 16.4. The number of aromatic nitrogens is 2. The van der Waals surface area contributed by atoms with E-state index in [0.29, 0.717) is 6.42 Å². The van der Waals surface area contributed by atoms with Crippen molar-refractivity contribution in [1.82, 2.24) is 9.38 Å². The molecule has 84 valence electrons. The molecule has 2 aromatic heterocycles. The van der Waals surface area contributed by atoms with Crippen molar-refractivity contribution in [3.63, 3.8) is 0 Å². The van der Waals surface area contributed by atoms with Gasteiger partial charge >= 0.3 is 5.97 Å². The van der Waals surface area contributed by atoms with Crippen LogP contribution in [0.4, 0.5) is 0 Å². The number of rotatable bonds is 3. The first-order valence-electron chi connectivity index (χ1n) is 5.23. The van der Waals surface area contributed by atoms with Crippen LogP contribution in [0.2, 0.25) is 0 Å². The third-order valence-corrected chi connectivity index (χ3v) is 2.77. The zero-order valence-electron chi connectivity index (χ0n) is 9.34. The van der Waals surface area contributed by atoms with Crippen molar-refractivity contribution in [1.29, 1.82) is 0 Å². The summed E-state index contributed by atoms with van der Waals surface area (Å²) in [6, 6.07) is 3.88. The van der Waals surface area contributed by atoms with Crippen LogP contribution in [0.5, 0.6) is 0 Å². The molecule has 16 heavy (non-hydrogen) atoms. The number of nitrogens with zero attached hydrogens (tertiary/aromatic N) is 2. The molecule has 1 N–H and O–H groups in total. The lowest BCUT2D eigenvalue weighted by Gasteiger charge is -2.08. The first-order chi connectivity index (χ1) is 7.59. The standard InChI is InChI=1S/C12H14N2O2/c1-8(12(15)16)6-10-4-3-5-14-7-13-9(2)11(10)14/h3-5,7-8H,6H2,1-2H3,(H,15,16). The predicted molar refractivity (Wildman–Crippen MR) is 60.4 cm³/mol. The normalized spacial score (nSPS) is 12.9. The lowest BCUT2D eigenvalue weighted by atomic mass is 10.0. The third kappa shape index (κ3) is 1.78. The summed E-state index contributed by atoms with van der Waals surface area (Å²) >= 11 is 0. The fraction of sp³-hybridized carbons (Fsp3) is 0.333. The van der Waals surface area contributed by atoms with E-state index < -0.39 is 5.97 Å². The molecule has 0 saturated carbocycles. The van der Waals surface area contributed by atoms with Gasteiger partial charge in [-0.25, -0.2) is 4.98 Å². The minimum atomic E-state index is -0.765. The summed E-state index contributed by atoms with van der Waals surface area (Å²) in [6.45, 7) is 3.65. The summed E-state index contributed by atoms with van der Waals surface area (Å²) in [5, 5.41) is 8.91. The summed E-state index contributed by atoms with van der Waals surface area (Å²) in [4.78, 5) is 15.1. The van der Waals surface area contributed by atoms with Gasteiger partial charge in [-0.15, -0.1) is 0 Å². The number of aryl methyl sites for hydroxylation is 1. The number of hydrogen-bond donors (Lipinski definition) is 1. The molecule has 0 fully saturated rings. The molecule has 0 spiro atoms. The molecule has 4 heteroatoms. The Morgan fingerprint density at radius 2 is 2.38 bits per heavy atom. The molecule has 2 rings (SSSR count). The molecule has 1 atom stereocenters. The highest BCUT2D eigenvalue weighted by Gasteiger charge is 2.14. The van der Waals surface area contributed by atoms with Gasteiger partial charge in [-0.3, -0.25) is 4.79 Å². The Morgan fingerprint density at radius 1 is 1.62 bits per heavy atom. The second-order valence-corrected chi connectivity index (χ2v) is 4.06. The number of hydrogen-bond acceptors (Lipinski definition) is 2. The lowest BCUT2D eigenvalue weighted by Crippen LogP contribution is -2.12. The summed E-state index contributed by atoms with van der Waals surface area (Å²) in [6.07, 6.45) is 4.20. The monoisotopic (exact) mass is 218 g/mol. The van der Waals surface area contributed by atoms with Gasteiger partial charge in [0.2, 0.25) is 0 Å². The van der Waals surface area contributed by atoms with Crippen molar-refractivity contribution in [3.8, 4) is 0 Å². The SMILES string of the molecule is Cc1ncn2cccc(CC(C)C(=O)O)c12. The Morgan fingerprint density at radius 3 is 3.06 bits per heavy atom. The van der Waals surface area contributed by atoms with Crippen molar-refractivity contribution in [3.05, 3.63) is 35.9 Å². The van der Waals surface area contributed by atoms with Gasteiger partial charge < -0.3 is 9.51 Å². The average molecular weight is 218 g/mol. The van der Waals surface area contributed by atoms with E-state index in [4.69, 9.17) is 5.11 Å². The Bertz CT molecular complexity index is 531. The van der Waals surface area contributed by atoms with Crippen molar-refractivity contribution in [2.24, 2.45) is 5.92 Å². The van der Waals surface area contributed by atoms with E-state index in [1.54, 1.807) is 13.3 Å². The Kier molecular flexibility index (Phi) is 2.64. The lowest BCUT2D eigenvalue weighted by molar-refractivity contribution is -0.141. The quantitative estimate of drug-likeness (QED) is 0.856. The van der Waals surface area contributed by atoms with Crippen LogP contribution in [-0.4, -0.2) is 20.5 Å². The molecule has 0 aliphatic rings.